The van der Waals surface area contributed by atoms with Gasteiger partial charge in [0.25, 0.3) is 0 Å². The van der Waals surface area contributed by atoms with Crippen LogP contribution in [0, 0.1) is 0 Å². The molecule has 0 aliphatic rings. The van der Waals surface area contributed by atoms with E-state index >= 15 is 0 Å². The summed E-state index contributed by atoms with van der Waals surface area (Å²) in [6, 6.07) is 0.924. The normalized spacial score (nSPS) is 10.5. The van der Waals surface area contributed by atoms with Crippen molar-refractivity contribution in [1.29, 1.82) is 0 Å². The van der Waals surface area contributed by atoms with Gasteiger partial charge in [-0.05, 0) is 0 Å². The van der Waals surface area contributed by atoms with Gasteiger partial charge in [-0.2, -0.15) is 0 Å². The topological polar surface area (TPSA) is 23.1 Å². The van der Waals surface area contributed by atoms with E-state index in [0.29, 0.717) is 0 Å². The van der Waals surface area contributed by atoms with Crippen LogP contribution in [0.1, 0.15) is 0 Å². The molecule has 0 N–H and O–H groups in total. The zero-order valence-corrected chi connectivity index (χ0v) is 10.4. The molecule has 0 fully saturated rings. The van der Waals surface area contributed by atoms with E-state index in [1.807, 2.05) is 0 Å². The van der Waals surface area contributed by atoms with Crippen LogP contribution in [0.3, 0.4) is 0 Å². The van der Waals surface area contributed by atoms with Crippen molar-refractivity contribution < 1.29 is 56.5 Å². The van der Waals surface area contributed by atoms with Gasteiger partial charge in [0.1, 0.15) is 0 Å². The Morgan fingerprint density at radius 1 is 1.25 bits per heavy atom. The third-order valence-corrected chi connectivity index (χ3v) is 2.56. The van der Waals surface area contributed by atoms with E-state index in [2.05, 4.69) is 19.6 Å². The van der Waals surface area contributed by atoms with Crippen LogP contribution in [0.5, 0.6) is 0 Å². The maximum Gasteiger partial charge on any atom is 1.00 e. The average molecular weight is 156 g/mol. The zero-order chi connectivity index (χ0) is 5.91. The zero-order valence-electron chi connectivity index (χ0n) is 6.32. The Kier molecular flexibility index (Phi) is 8.72. The van der Waals surface area contributed by atoms with Crippen molar-refractivity contribution in [3.63, 3.8) is 0 Å². The molecule has 0 aromatic carbocycles. The summed E-state index contributed by atoms with van der Waals surface area (Å²) in [4.78, 5) is 0. The monoisotopic (exact) mass is 156 g/mol. The molecule has 0 aromatic heterocycles. The van der Waals surface area contributed by atoms with Crippen LogP contribution in [-0.2, 0) is 0 Å². The largest absolute Gasteiger partial charge is 1.00 e. The summed E-state index contributed by atoms with van der Waals surface area (Å²) in [5, 5.41) is 9.98. The van der Waals surface area contributed by atoms with Gasteiger partial charge in [-0.25, -0.2) is 0 Å². The van der Waals surface area contributed by atoms with Crippen molar-refractivity contribution in [2.75, 3.05) is 6.61 Å². The summed E-state index contributed by atoms with van der Waals surface area (Å²) in [5.41, 5.74) is 0. The summed E-state index contributed by atoms with van der Waals surface area (Å²) in [7, 11) is -0.970. The second-order valence-corrected chi connectivity index (χ2v) is 8.64. The molecule has 0 amide bonds. The van der Waals surface area contributed by atoms with Crippen LogP contribution < -0.4 is 56.5 Å². The Labute approximate surface area is 95.3 Å². The minimum atomic E-state index is -0.970. The second kappa shape index (κ2) is 5.59. The molecule has 0 aromatic rings. The molecule has 0 radical (unpaired) electrons. The van der Waals surface area contributed by atoms with Crippen LogP contribution in [0.25, 0.3) is 0 Å². The molecular formula is C5H13KOSi. The molecule has 0 heterocycles. The van der Waals surface area contributed by atoms with E-state index in [-0.39, 0.29) is 58.0 Å². The molecule has 0 unspecified atom stereocenters. The van der Waals surface area contributed by atoms with Gasteiger partial charge in [0.05, 0.1) is 0 Å². The third kappa shape index (κ3) is 10.7. The molecule has 0 bridgehead atoms. The SMILES string of the molecule is C[Si](C)(C)CC[O-].[K+]. The van der Waals surface area contributed by atoms with Crippen molar-refractivity contribution in [3.8, 4) is 0 Å². The van der Waals surface area contributed by atoms with Crippen LogP contribution in [0.2, 0.25) is 25.7 Å². The van der Waals surface area contributed by atoms with Crippen molar-refractivity contribution in [2.24, 2.45) is 0 Å². The molecule has 44 valence electrons. The van der Waals surface area contributed by atoms with Gasteiger partial charge in [-0.15, -0.1) is 6.61 Å². The molecule has 3 heteroatoms. The number of rotatable bonds is 2. The van der Waals surface area contributed by atoms with Crippen molar-refractivity contribution in [3.05, 3.63) is 0 Å². The fourth-order valence-electron chi connectivity index (χ4n) is 0.306. The number of hydrogen-bond acceptors (Lipinski definition) is 1. The van der Waals surface area contributed by atoms with Crippen molar-refractivity contribution in [2.45, 2.75) is 25.7 Å². The standard InChI is InChI=1S/C5H13OSi.K/c1-7(2,3)5-4-6;/h4-5H2,1-3H3;/q-1;+1. The van der Waals surface area contributed by atoms with Crippen LogP contribution in [0.15, 0.2) is 0 Å². The Hall–Kier alpha value is 1.81. The summed E-state index contributed by atoms with van der Waals surface area (Å²) in [6.07, 6.45) is 0. The average Bonchev–Trinajstić information content (AvgIpc) is 1.30. The Balaban J connectivity index is 0. The Morgan fingerprint density at radius 3 is 1.62 bits per heavy atom. The van der Waals surface area contributed by atoms with Crippen molar-refractivity contribution >= 4 is 8.07 Å². The molecule has 1 nitrogen and oxygen atoms in total. The van der Waals surface area contributed by atoms with Gasteiger partial charge in [-0.3, -0.25) is 0 Å². The predicted molar refractivity (Wildman–Crippen MR) is 33.0 cm³/mol. The Morgan fingerprint density at radius 2 is 1.62 bits per heavy atom. The van der Waals surface area contributed by atoms with Gasteiger partial charge in [0.2, 0.25) is 0 Å². The van der Waals surface area contributed by atoms with Gasteiger partial charge in [0, 0.05) is 8.07 Å². The fourth-order valence-corrected chi connectivity index (χ4v) is 0.919. The van der Waals surface area contributed by atoms with E-state index < -0.39 is 8.07 Å². The summed E-state index contributed by atoms with van der Waals surface area (Å²) in [6.45, 7) is 6.76. The van der Waals surface area contributed by atoms with Gasteiger partial charge in [-0.1, -0.05) is 25.7 Å². The molecule has 0 aliphatic heterocycles. The maximum atomic E-state index is 9.98. The molecule has 8 heavy (non-hydrogen) atoms. The molecule has 0 spiro atoms. The molecule has 0 saturated heterocycles. The Bertz CT molecular complexity index is 50.9. The van der Waals surface area contributed by atoms with E-state index in [4.69, 9.17) is 0 Å². The first-order chi connectivity index (χ1) is 3.06. The van der Waals surface area contributed by atoms with E-state index in [9.17, 15) is 5.11 Å². The summed E-state index contributed by atoms with van der Waals surface area (Å²) >= 11 is 0. The smallest absolute Gasteiger partial charge is 0.855 e. The van der Waals surface area contributed by atoms with E-state index in [0.717, 1.165) is 6.04 Å². The molecule has 0 saturated carbocycles. The minimum Gasteiger partial charge on any atom is -0.855 e. The van der Waals surface area contributed by atoms with E-state index in [1.54, 1.807) is 0 Å². The number of hydrogen-bond donors (Lipinski definition) is 0. The van der Waals surface area contributed by atoms with Crippen LogP contribution in [-0.4, -0.2) is 14.7 Å². The fraction of sp³-hybridized carbons (Fsp3) is 1.00. The van der Waals surface area contributed by atoms with Gasteiger partial charge >= 0.3 is 51.4 Å². The summed E-state index contributed by atoms with van der Waals surface area (Å²) in [5.74, 6) is 0. The minimum absolute atomic E-state index is 0. The van der Waals surface area contributed by atoms with Gasteiger partial charge < -0.3 is 5.11 Å². The molecule has 0 atom stereocenters. The molecule has 0 aliphatic carbocycles. The third-order valence-electron chi connectivity index (χ3n) is 0.852. The first-order valence-electron chi connectivity index (χ1n) is 2.64. The van der Waals surface area contributed by atoms with E-state index in [1.165, 1.54) is 0 Å². The predicted octanol–water partition coefficient (Wildman–Crippen LogP) is -2.31. The van der Waals surface area contributed by atoms with Crippen LogP contribution in [0.4, 0.5) is 0 Å². The quantitative estimate of drug-likeness (QED) is 0.412. The molecule has 0 rings (SSSR count). The van der Waals surface area contributed by atoms with Gasteiger partial charge in [0.15, 0.2) is 0 Å². The molecular weight excluding hydrogens is 143 g/mol. The summed E-state index contributed by atoms with van der Waals surface area (Å²) < 4.78 is 0. The van der Waals surface area contributed by atoms with Crippen LogP contribution >= 0.6 is 0 Å². The first-order valence-corrected chi connectivity index (χ1v) is 6.35. The second-order valence-electron chi connectivity index (χ2n) is 3.01. The maximum absolute atomic E-state index is 9.98. The van der Waals surface area contributed by atoms with Crippen molar-refractivity contribution in [1.82, 2.24) is 0 Å². The first kappa shape index (κ1) is 12.5.